The third-order valence-corrected chi connectivity index (χ3v) is 3.67. The van der Waals surface area contributed by atoms with Crippen LogP contribution in [0.3, 0.4) is 0 Å². The Morgan fingerprint density at radius 1 is 1.19 bits per heavy atom. The zero-order valence-electron chi connectivity index (χ0n) is 14.7. The fraction of sp³-hybridized carbons (Fsp3) is 0.333. The first-order valence-electron chi connectivity index (χ1n) is 7.93. The number of halogens is 1. The van der Waals surface area contributed by atoms with E-state index in [2.05, 4.69) is 31.2 Å². The van der Waals surface area contributed by atoms with Crippen LogP contribution in [0.4, 0.5) is 4.79 Å². The second-order valence-corrected chi connectivity index (χ2v) is 7.58. The number of aromatic nitrogens is 2. The second kappa shape index (κ2) is 8.27. The largest absolute Gasteiger partial charge is 0.480 e. The SMILES string of the molecule is CC(C)(C)OC(=O)N[C@@H](Cc1ccc(-c2ncc(Br)cn2)cc1)C(=O)O. The number of aliphatic carboxylic acids is 1. The van der Waals surface area contributed by atoms with Gasteiger partial charge in [-0.05, 0) is 42.3 Å². The standard InChI is InChI=1S/C18H20BrN3O4/c1-18(2,3)26-17(25)22-14(16(23)24)8-11-4-6-12(7-5-11)15-20-9-13(19)10-21-15/h4-7,9-10,14H,8H2,1-3H3,(H,22,25)(H,23,24)/t14-/m0/s1. The molecule has 1 aromatic carbocycles. The van der Waals surface area contributed by atoms with Gasteiger partial charge < -0.3 is 15.2 Å². The van der Waals surface area contributed by atoms with Gasteiger partial charge in [0, 0.05) is 24.4 Å². The summed E-state index contributed by atoms with van der Waals surface area (Å²) in [6, 6.07) is 6.11. The van der Waals surface area contributed by atoms with Crippen molar-refractivity contribution >= 4 is 28.0 Å². The molecule has 1 heterocycles. The number of rotatable bonds is 5. The summed E-state index contributed by atoms with van der Waals surface area (Å²) in [6.07, 6.45) is 2.68. The summed E-state index contributed by atoms with van der Waals surface area (Å²) in [6.45, 7) is 5.14. The van der Waals surface area contributed by atoms with Gasteiger partial charge in [0.1, 0.15) is 11.6 Å². The molecule has 2 aromatic rings. The zero-order chi connectivity index (χ0) is 19.3. The van der Waals surface area contributed by atoms with Crippen molar-refractivity contribution in [3.05, 3.63) is 46.7 Å². The fourth-order valence-electron chi connectivity index (χ4n) is 2.14. The van der Waals surface area contributed by atoms with Crippen molar-refractivity contribution in [2.45, 2.75) is 38.8 Å². The lowest BCUT2D eigenvalue weighted by atomic mass is 10.0. The lowest BCUT2D eigenvalue weighted by Crippen LogP contribution is -2.44. The van der Waals surface area contributed by atoms with Crippen LogP contribution in [0.5, 0.6) is 0 Å². The number of ether oxygens (including phenoxy) is 1. The molecule has 1 amide bonds. The van der Waals surface area contributed by atoms with Gasteiger partial charge >= 0.3 is 12.1 Å². The molecule has 1 atom stereocenters. The fourth-order valence-corrected chi connectivity index (χ4v) is 2.34. The molecule has 0 bridgehead atoms. The van der Waals surface area contributed by atoms with Gasteiger partial charge in [-0.15, -0.1) is 0 Å². The van der Waals surface area contributed by atoms with Crippen LogP contribution < -0.4 is 5.32 Å². The van der Waals surface area contributed by atoms with Gasteiger partial charge in [0.25, 0.3) is 0 Å². The topological polar surface area (TPSA) is 101 Å². The van der Waals surface area contributed by atoms with Gasteiger partial charge in [0.2, 0.25) is 0 Å². The summed E-state index contributed by atoms with van der Waals surface area (Å²) in [5.74, 6) is -0.558. The summed E-state index contributed by atoms with van der Waals surface area (Å²) < 4.78 is 5.90. The maximum Gasteiger partial charge on any atom is 0.408 e. The monoisotopic (exact) mass is 421 g/mol. The van der Waals surface area contributed by atoms with Crippen molar-refractivity contribution in [3.8, 4) is 11.4 Å². The number of hydrogen-bond acceptors (Lipinski definition) is 5. The van der Waals surface area contributed by atoms with Gasteiger partial charge in [-0.2, -0.15) is 0 Å². The Morgan fingerprint density at radius 2 is 1.77 bits per heavy atom. The minimum Gasteiger partial charge on any atom is -0.480 e. The zero-order valence-corrected chi connectivity index (χ0v) is 16.3. The van der Waals surface area contributed by atoms with E-state index in [1.54, 1.807) is 45.3 Å². The highest BCUT2D eigenvalue weighted by molar-refractivity contribution is 9.10. The van der Waals surface area contributed by atoms with Crippen molar-refractivity contribution in [2.75, 3.05) is 0 Å². The summed E-state index contributed by atoms with van der Waals surface area (Å²) in [5, 5.41) is 11.7. The van der Waals surface area contributed by atoms with Crippen LogP contribution in [0.15, 0.2) is 41.1 Å². The van der Waals surface area contributed by atoms with E-state index < -0.39 is 23.7 Å². The molecule has 0 saturated heterocycles. The van der Waals surface area contributed by atoms with Gasteiger partial charge in [-0.3, -0.25) is 0 Å². The first kappa shape index (κ1) is 19.8. The van der Waals surface area contributed by atoms with Crippen molar-refractivity contribution in [1.82, 2.24) is 15.3 Å². The van der Waals surface area contributed by atoms with E-state index in [0.29, 0.717) is 5.82 Å². The number of alkyl carbamates (subject to hydrolysis) is 1. The van der Waals surface area contributed by atoms with E-state index in [1.807, 2.05) is 12.1 Å². The molecule has 2 N–H and O–H groups in total. The van der Waals surface area contributed by atoms with Crippen LogP contribution in [0.1, 0.15) is 26.3 Å². The molecule has 0 spiro atoms. The average Bonchev–Trinajstić information content (AvgIpc) is 2.54. The van der Waals surface area contributed by atoms with E-state index in [-0.39, 0.29) is 6.42 Å². The minimum absolute atomic E-state index is 0.135. The number of amides is 1. The normalized spacial score (nSPS) is 12.3. The number of hydrogen-bond donors (Lipinski definition) is 2. The third kappa shape index (κ3) is 6.11. The van der Waals surface area contributed by atoms with Gasteiger partial charge in [-0.25, -0.2) is 19.6 Å². The van der Waals surface area contributed by atoms with E-state index >= 15 is 0 Å². The van der Waals surface area contributed by atoms with E-state index in [1.165, 1.54) is 0 Å². The van der Waals surface area contributed by atoms with Crippen molar-refractivity contribution in [2.24, 2.45) is 0 Å². The van der Waals surface area contributed by atoms with Gasteiger partial charge in [-0.1, -0.05) is 24.3 Å². The Balaban J connectivity index is 2.06. The molecule has 0 fully saturated rings. The summed E-state index contributed by atoms with van der Waals surface area (Å²) >= 11 is 3.28. The highest BCUT2D eigenvalue weighted by Crippen LogP contribution is 2.17. The van der Waals surface area contributed by atoms with Crippen LogP contribution in [0.2, 0.25) is 0 Å². The lowest BCUT2D eigenvalue weighted by Gasteiger charge is -2.22. The van der Waals surface area contributed by atoms with Crippen molar-refractivity contribution in [3.63, 3.8) is 0 Å². The number of nitrogens with one attached hydrogen (secondary N) is 1. The highest BCUT2D eigenvalue weighted by atomic mass is 79.9. The minimum atomic E-state index is -1.13. The second-order valence-electron chi connectivity index (χ2n) is 6.66. The number of nitrogens with zero attached hydrogens (tertiary/aromatic N) is 2. The molecule has 26 heavy (non-hydrogen) atoms. The Morgan fingerprint density at radius 3 is 2.27 bits per heavy atom. The van der Waals surface area contributed by atoms with E-state index in [4.69, 9.17) is 4.74 Å². The Hall–Kier alpha value is -2.48. The molecule has 7 nitrogen and oxygen atoms in total. The molecule has 0 aliphatic heterocycles. The molecule has 1 aromatic heterocycles. The maximum absolute atomic E-state index is 11.8. The summed E-state index contributed by atoms with van der Waals surface area (Å²) in [5.41, 5.74) is 0.877. The molecule has 0 radical (unpaired) electrons. The molecular formula is C18H20BrN3O4. The first-order chi connectivity index (χ1) is 12.1. The molecule has 0 aliphatic rings. The Kier molecular flexibility index (Phi) is 6.31. The number of carbonyl (C=O) groups excluding carboxylic acids is 1. The van der Waals surface area contributed by atoms with E-state index in [9.17, 15) is 14.7 Å². The Labute approximate surface area is 159 Å². The molecule has 2 rings (SSSR count). The summed E-state index contributed by atoms with van der Waals surface area (Å²) in [4.78, 5) is 31.7. The van der Waals surface area contributed by atoms with Crippen LogP contribution in [0.25, 0.3) is 11.4 Å². The van der Waals surface area contributed by atoms with Crippen molar-refractivity contribution < 1.29 is 19.4 Å². The smallest absolute Gasteiger partial charge is 0.408 e. The van der Waals surface area contributed by atoms with Crippen LogP contribution in [0, 0.1) is 0 Å². The molecule has 0 saturated carbocycles. The number of carboxylic acid groups (broad SMARTS) is 1. The number of carbonyl (C=O) groups is 2. The Bertz CT molecular complexity index is 771. The average molecular weight is 422 g/mol. The molecular weight excluding hydrogens is 402 g/mol. The maximum atomic E-state index is 11.8. The van der Waals surface area contributed by atoms with Crippen LogP contribution in [-0.2, 0) is 16.0 Å². The van der Waals surface area contributed by atoms with E-state index in [0.717, 1.165) is 15.6 Å². The molecule has 8 heteroatoms. The number of benzene rings is 1. The summed E-state index contributed by atoms with van der Waals surface area (Å²) in [7, 11) is 0. The predicted octanol–water partition coefficient (Wildman–Crippen LogP) is 3.43. The molecule has 138 valence electrons. The molecule has 0 unspecified atom stereocenters. The number of carboxylic acids is 1. The quantitative estimate of drug-likeness (QED) is 0.766. The lowest BCUT2D eigenvalue weighted by molar-refractivity contribution is -0.139. The first-order valence-corrected chi connectivity index (χ1v) is 8.72. The molecule has 0 aliphatic carbocycles. The van der Waals surface area contributed by atoms with Crippen molar-refractivity contribution in [1.29, 1.82) is 0 Å². The van der Waals surface area contributed by atoms with Gasteiger partial charge in [0.05, 0.1) is 4.47 Å². The predicted molar refractivity (Wildman–Crippen MR) is 99.7 cm³/mol. The van der Waals surface area contributed by atoms with Crippen LogP contribution >= 0.6 is 15.9 Å². The van der Waals surface area contributed by atoms with Crippen LogP contribution in [-0.4, -0.2) is 38.8 Å². The highest BCUT2D eigenvalue weighted by Gasteiger charge is 2.24. The van der Waals surface area contributed by atoms with Gasteiger partial charge in [0.15, 0.2) is 5.82 Å². The third-order valence-electron chi connectivity index (χ3n) is 3.26.